The molecule has 0 amide bonds. The summed E-state index contributed by atoms with van der Waals surface area (Å²) in [4.78, 5) is 10.2. The van der Waals surface area contributed by atoms with Gasteiger partial charge in [-0.2, -0.15) is 14.9 Å². The smallest absolute Gasteiger partial charge is 0.258 e. The third-order valence-corrected chi connectivity index (χ3v) is 3.61. The Labute approximate surface area is 142 Å². The Hall–Kier alpha value is -3.13. The summed E-state index contributed by atoms with van der Waals surface area (Å²) < 4.78 is 1.93. The quantitative estimate of drug-likeness (QED) is 0.334. The van der Waals surface area contributed by atoms with Crippen LogP contribution in [-0.4, -0.2) is 26.0 Å². The second-order valence-corrected chi connectivity index (χ2v) is 5.40. The van der Waals surface area contributed by atoms with E-state index in [1.807, 2.05) is 30.3 Å². The summed E-state index contributed by atoms with van der Waals surface area (Å²) in [5.41, 5.74) is 1.87. The summed E-state index contributed by atoms with van der Waals surface area (Å²) >= 11 is 5.20. The number of hydrogen-bond donors (Lipinski definition) is 1. The molecule has 0 unspecified atom stereocenters. The minimum atomic E-state index is -0.439. The van der Waals surface area contributed by atoms with Crippen LogP contribution in [0.25, 0.3) is 0 Å². The van der Waals surface area contributed by atoms with Crippen LogP contribution in [0, 0.1) is 14.9 Å². The fraction of sp³-hybridized carbons (Fsp3) is 0.0625. The van der Waals surface area contributed by atoms with Crippen LogP contribution < -0.4 is 0 Å². The number of non-ortho nitro benzene ring substituents is 1. The summed E-state index contributed by atoms with van der Waals surface area (Å²) in [7, 11) is 0. The van der Waals surface area contributed by atoms with Crippen LogP contribution in [0.4, 0.5) is 5.69 Å². The van der Waals surface area contributed by atoms with Gasteiger partial charge in [0.25, 0.3) is 5.69 Å². The summed E-state index contributed by atoms with van der Waals surface area (Å²) in [6, 6.07) is 16.0. The van der Waals surface area contributed by atoms with Crippen LogP contribution >= 0.6 is 12.2 Å². The number of rotatable bonds is 5. The van der Waals surface area contributed by atoms with Gasteiger partial charge < -0.3 is 0 Å². The normalized spacial score (nSPS) is 11.0. The van der Waals surface area contributed by atoms with E-state index in [4.69, 9.17) is 12.2 Å². The lowest BCUT2D eigenvalue weighted by molar-refractivity contribution is -0.384. The standard InChI is InChI=1S/C16H13N5O2S/c22-21(23)14-8-6-13(7-9-14)11-17-20-15(18-19-16(20)24)10-12-4-2-1-3-5-12/h1-9,11H,10H2,(H,19,24). The first-order chi connectivity index (χ1) is 11.6. The van der Waals surface area contributed by atoms with Crippen molar-refractivity contribution in [1.82, 2.24) is 14.9 Å². The largest absolute Gasteiger partial charge is 0.269 e. The number of nitro benzene ring substituents is 1. The molecule has 0 saturated carbocycles. The van der Waals surface area contributed by atoms with E-state index in [9.17, 15) is 10.1 Å². The number of hydrogen-bond acceptors (Lipinski definition) is 5. The number of nitrogens with zero attached hydrogens (tertiary/aromatic N) is 4. The van der Waals surface area contributed by atoms with Crippen molar-refractivity contribution in [2.45, 2.75) is 6.42 Å². The highest BCUT2D eigenvalue weighted by atomic mass is 32.1. The second kappa shape index (κ2) is 6.97. The summed E-state index contributed by atoms with van der Waals surface area (Å²) in [5, 5.41) is 21.9. The first-order valence-electron chi connectivity index (χ1n) is 7.12. The fourth-order valence-electron chi connectivity index (χ4n) is 2.14. The molecule has 3 aromatic rings. The zero-order chi connectivity index (χ0) is 16.9. The number of nitrogens with one attached hydrogen (secondary N) is 1. The van der Waals surface area contributed by atoms with Gasteiger partial charge in [-0.25, -0.2) is 0 Å². The molecule has 0 bridgehead atoms. The van der Waals surface area contributed by atoms with E-state index in [2.05, 4.69) is 15.3 Å². The summed E-state index contributed by atoms with van der Waals surface area (Å²) in [6.07, 6.45) is 2.18. The van der Waals surface area contributed by atoms with E-state index in [0.29, 0.717) is 17.0 Å². The number of H-pyrrole nitrogens is 1. The fourth-order valence-corrected chi connectivity index (χ4v) is 2.34. The van der Waals surface area contributed by atoms with Crippen molar-refractivity contribution in [3.8, 4) is 0 Å². The Morgan fingerprint density at radius 1 is 1.21 bits per heavy atom. The molecule has 24 heavy (non-hydrogen) atoms. The van der Waals surface area contributed by atoms with E-state index in [1.165, 1.54) is 12.1 Å². The molecule has 0 saturated heterocycles. The van der Waals surface area contributed by atoms with E-state index < -0.39 is 4.92 Å². The number of aromatic nitrogens is 3. The van der Waals surface area contributed by atoms with Gasteiger partial charge in [-0.05, 0) is 35.5 Å². The van der Waals surface area contributed by atoms with Crippen molar-refractivity contribution in [3.63, 3.8) is 0 Å². The zero-order valence-corrected chi connectivity index (χ0v) is 13.3. The third kappa shape index (κ3) is 3.61. The molecule has 0 radical (unpaired) electrons. The molecule has 7 nitrogen and oxygen atoms in total. The number of benzene rings is 2. The number of nitro groups is 1. The Balaban J connectivity index is 1.83. The Morgan fingerprint density at radius 2 is 1.92 bits per heavy atom. The van der Waals surface area contributed by atoms with Crippen LogP contribution in [0.5, 0.6) is 0 Å². The molecule has 0 atom stereocenters. The van der Waals surface area contributed by atoms with Gasteiger partial charge in [0.2, 0.25) is 4.77 Å². The molecule has 8 heteroatoms. The third-order valence-electron chi connectivity index (χ3n) is 3.35. The molecule has 0 aliphatic rings. The van der Waals surface area contributed by atoms with Crippen molar-refractivity contribution in [2.75, 3.05) is 0 Å². The Morgan fingerprint density at radius 3 is 2.58 bits per heavy atom. The van der Waals surface area contributed by atoms with Crippen LogP contribution in [-0.2, 0) is 6.42 Å². The predicted molar refractivity (Wildman–Crippen MR) is 92.7 cm³/mol. The van der Waals surface area contributed by atoms with Crippen molar-refractivity contribution in [2.24, 2.45) is 5.10 Å². The minimum absolute atomic E-state index is 0.0387. The Bertz CT molecular complexity index is 929. The zero-order valence-electron chi connectivity index (χ0n) is 12.5. The van der Waals surface area contributed by atoms with Gasteiger partial charge in [-0.1, -0.05) is 30.3 Å². The lowest BCUT2D eigenvalue weighted by atomic mass is 10.1. The minimum Gasteiger partial charge on any atom is -0.258 e. The van der Waals surface area contributed by atoms with Crippen molar-refractivity contribution < 1.29 is 4.92 Å². The van der Waals surface area contributed by atoms with Crippen molar-refractivity contribution >= 4 is 24.1 Å². The highest BCUT2D eigenvalue weighted by Crippen LogP contribution is 2.11. The molecule has 0 aliphatic carbocycles. The Kier molecular flexibility index (Phi) is 4.57. The van der Waals surface area contributed by atoms with E-state index in [1.54, 1.807) is 23.0 Å². The van der Waals surface area contributed by atoms with E-state index >= 15 is 0 Å². The lowest BCUT2D eigenvalue weighted by Gasteiger charge is -2.01. The first kappa shape index (κ1) is 15.8. The average Bonchev–Trinajstić information content (AvgIpc) is 2.94. The molecule has 3 rings (SSSR count). The molecule has 120 valence electrons. The van der Waals surface area contributed by atoms with E-state index in [0.717, 1.165) is 11.1 Å². The molecular weight excluding hydrogens is 326 g/mol. The maximum atomic E-state index is 10.7. The van der Waals surface area contributed by atoms with Gasteiger partial charge >= 0.3 is 0 Å². The lowest BCUT2D eigenvalue weighted by Crippen LogP contribution is -2.00. The van der Waals surface area contributed by atoms with Crippen LogP contribution in [0.15, 0.2) is 59.7 Å². The van der Waals surface area contributed by atoms with Gasteiger partial charge in [-0.3, -0.25) is 15.2 Å². The van der Waals surface area contributed by atoms with Gasteiger partial charge in [-0.15, -0.1) is 0 Å². The first-order valence-corrected chi connectivity index (χ1v) is 7.53. The molecule has 0 aliphatic heterocycles. The molecule has 1 heterocycles. The maximum Gasteiger partial charge on any atom is 0.269 e. The van der Waals surface area contributed by atoms with Crippen LogP contribution in [0.1, 0.15) is 17.0 Å². The maximum absolute atomic E-state index is 10.7. The topological polar surface area (TPSA) is 89.1 Å². The molecule has 1 N–H and O–H groups in total. The van der Waals surface area contributed by atoms with E-state index in [-0.39, 0.29) is 5.69 Å². The highest BCUT2D eigenvalue weighted by Gasteiger charge is 2.06. The molecule has 1 aromatic heterocycles. The van der Waals surface area contributed by atoms with Gasteiger partial charge in [0.05, 0.1) is 11.1 Å². The van der Waals surface area contributed by atoms with Gasteiger partial charge in [0.15, 0.2) is 5.82 Å². The van der Waals surface area contributed by atoms with Gasteiger partial charge in [0.1, 0.15) is 0 Å². The molecule has 0 spiro atoms. The summed E-state index contributed by atoms with van der Waals surface area (Å²) in [6.45, 7) is 0. The average molecular weight is 339 g/mol. The molecule has 2 aromatic carbocycles. The highest BCUT2D eigenvalue weighted by molar-refractivity contribution is 7.71. The second-order valence-electron chi connectivity index (χ2n) is 5.01. The molecular formula is C16H13N5O2S. The number of aromatic amines is 1. The predicted octanol–water partition coefficient (Wildman–Crippen LogP) is 3.32. The monoisotopic (exact) mass is 339 g/mol. The SMILES string of the molecule is O=[N+]([O-])c1ccc(C=Nn2c(Cc3ccccc3)n[nH]c2=S)cc1. The van der Waals surface area contributed by atoms with Crippen LogP contribution in [0.3, 0.4) is 0 Å². The van der Waals surface area contributed by atoms with Crippen molar-refractivity contribution in [3.05, 3.63) is 86.4 Å². The van der Waals surface area contributed by atoms with Gasteiger partial charge in [0, 0.05) is 18.6 Å². The van der Waals surface area contributed by atoms with Crippen molar-refractivity contribution in [1.29, 1.82) is 0 Å². The molecule has 0 fully saturated rings. The summed E-state index contributed by atoms with van der Waals surface area (Å²) in [5.74, 6) is 0.685. The van der Waals surface area contributed by atoms with Crippen LogP contribution in [0.2, 0.25) is 0 Å².